The third kappa shape index (κ3) is 7.85. The summed E-state index contributed by atoms with van der Waals surface area (Å²) in [7, 11) is 0. The first-order valence-corrected chi connectivity index (χ1v) is 29.6. The molecule has 0 aliphatic heterocycles. The van der Waals surface area contributed by atoms with Gasteiger partial charge in [-0.15, -0.1) is 0 Å². The average Bonchev–Trinajstić information content (AvgIpc) is 2.37. The van der Waals surface area contributed by atoms with Crippen molar-refractivity contribution in [3.8, 4) is 33.6 Å². The summed E-state index contributed by atoms with van der Waals surface area (Å²) in [5, 5.41) is 14.5. The molecule has 0 unspecified atom stereocenters. The van der Waals surface area contributed by atoms with Crippen LogP contribution in [0.3, 0.4) is 0 Å². The Balaban J connectivity index is 0.819. The van der Waals surface area contributed by atoms with Gasteiger partial charge in [-0.3, -0.25) is 0 Å². The van der Waals surface area contributed by atoms with E-state index >= 15 is 0 Å². The molecule has 0 aliphatic rings. The van der Waals surface area contributed by atoms with Crippen LogP contribution in [0.2, 0.25) is 0 Å². The normalized spacial score (nSPS) is 11.7. The molecule has 0 bridgehead atoms. The Bertz CT molecular complexity index is 5390. The number of para-hydroxylation sites is 6. The van der Waals surface area contributed by atoms with Crippen LogP contribution in [0.25, 0.3) is 120 Å². The quantitative estimate of drug-likeness (QED) is 0.127. The van der Waals surface area contributed by atoms with E-state index in [1.165, 1.54) is 97.9 Å². The molecule has 402 valence electrons. The van der Waals surface area contributed by atoms with E-state index in [9.17, 15) is 0 Å². The van der Waals surface area contributed by atoms with Gasteiger partial charge in [0, 0.05) is 66.4 Å². The molecule has 86 heavy (non-hydrogen) atoms. The van der Waals surface area contributed by atoms with Gasteiger partial charge in [-0.05, 0) is 164 Å². The van der Waals surface area contributed by atoms with Gasteiger partial charge in [0.2, 0.25) is 0 Å². The van der Waals surface area contributed by atoms with Gasteiger partial charge >= 0.3 is 0 Å². The van der Waals surface area contributed by atoms with Crippen LogP contribution in [0.1, 0.15) is 0 Å². The van der Waals surface area contributed by atoms with E-state index in [-0.39, 0.29) is 0 Å². The summed E-state index contributed by atoms with van der Waals surface area (Å²) in [6.45, 7) is 0. The van der Waals surface area contributed by atoms with Crippen LogP contribution in [-0.4, -0.2) is 9.13 Å². The Kier molecular flexibility index (Phi) is 11.5. The summed E-state index contributed by atoms with van der Waals surface area (Å²) in [5.41, 5.74) is 18.4. The molecular weight excluding hydrogens is 1040 g/mol. The molecule has 17 aromatic rings. The molecule has 0 radical (unpaired) electrons. The second kappa shape index (κ2) is 20.2. The SMILES string of the molecule is c1ccc(N(c2ccccc2)c2ccc3c(c2)c2ccccc2n3-c2ccc(-c3ccc(-c4ccc(-n5c6ccccc6c6cc(N(c7ccccc7)c7ccccc7)ccc65)c5ccccc45)c4c3ccc3ccccc34)c3ccccc23)cc1. The lowest BCUT2D eigenvalue weighted by Crippen LogP contribution is -2.09. The van der Waals surface area contributed by atoms with E-state index in [2.05, 4.69) is 347 Å². The van der Waals surface area contributed by atoms with E-state index < -0.39 is 0 Å². The smallest absolute Gasteiger partial charge is 0.0542 e. The fourth-order valence-corrected chi connectivity index (χ4v) is 13.9. The van der Waals surface area contributed by atoms with Crippen molar-refractivity contribution in [2.75, 3.05) is 9.80 Å². The van der Waals surface area contributed by atoms with Gasteiger partial charge < -0.3 is 18.9 Å². The number of hydrogen-bond donors (Lipinski definition) is 0. The van der Waals surface area contributed by atoms with Gasteiger partial charge in [0.05, 0.1) is 33.4 Å². The molecule has 0 atom stereocenters. The predicted molar refractivity (Wildman–Crippen MR) is 365 cm³/mol. The van der Waals surface area contributed by atoms with E-state index in [1.807, 2.05) is 0 Å². The van der Waals surface area contributed by atoms with Gasteiger partial charge in [-0.1, -0.05) is 218 Å². The number of nitrogens with zero attached hydrogens (tertiary/aromatic N) is 4. The van der Waals surface area contributed by atoms with Gasteiger partial charge in [-0.25, -0.2) is 0 Å². The highest BCUT2D eigenvalue weighted by Gasteiger charge is 2.23. The minimum Gasteiger partial charge on any atom is -0.310 e. The van der Waals surface area contributed by atoms with E-state index in [1.54, 1.807) is 0 Å². The molecule has 15 aromatic carbocycles. The van der Waals surface area contributed by atoms with Crippen LogP contribution in [0, 0.1) is 0 Å². The number of rotatable bonds is 10. The topological polar surface area (TPSA) is 16.3 Å². The maximum absolute atomic E-state index is 2.48. The fourth-order valence-electron chi connectivity index (χ4n) is 13.9. The molecule has 0 fully saturated rings. The summed E-state index contributed by atoms with van der Waals surface area (Å²) in [5.74, 6) is 0. The molecule has 4 nitrogen and oxygen atoms in total. The largest absolute Gasteiger partial charge is 0.310 e. The lowest BCUT2D eigenvalue weighted by Gasteiger charge is -2.25. The van der Waals surface area contributed by atoms with E-state index in [0.717, 1.165) is 56.5 Å². The van der Waals surface area contributed by atoms with Crippen molar-refractivity contribution in [1.82, 2.24) is 9.13 Å². The van der Waals surface area contributed by atoms with E-state index in [0.29, 0.717) is 0 Å². The van der Waals surface area contributed by atoms with Crippen molar-refractivity contribution in [2.45, 2.75) is 0 Å². The van der Waals surface area contributed by atoms with Crippen LogP contribution >= 0.6 is 0 Å². The van der Waals surface area contributed by atoms with Crippen molar-refractivity contribution in [3.05, 3.63) is 328 Å². The predicted octanol–water partition coefficient (Wildman–Crippen LogP) is 22.8. The molecule has 0 spiro atoms. The van der Waals surface area contributed by atoms with Crippen molar-refractivity contribution in [3.63, 3.8) is 0 Å². The lowest BCUT2D eigenvalue weighted by atomic mass is 9.86. The Hall–Kier alpha value is -11.5. The Morgan fingerprint density at radius 1 is 0.186 bits per heavy atom. The Labute approximate surface area is 498 Å². The van der Waals surface area contributed by atoms with Crippen LogP contribution in [0.15, 0.2) is 328 Å². The molecule has 4 heteroatoms. The third-order valence-corrected chi connectivity index (χ3v) is 17.7. The molecule has 0 saturated heterocycles. The van der Waals surface area contributed by atoms with Gasteiger partial charge in [0.1, 0.15) is 0 Å². The molecule has 0 amide bonds. The lowest BCUT2D eigenvalue weighted by molar-refractivity contribution is 1.20. The van der Waals surface area contributed by atoms with Crippen LogP contribution in [0.5, 0.6) is 0 Å². The maximum atomic E-state index is 2.48. The molecule has 17 rings (SSSR count). The zero-order chi connectivity index (χ0) is 56.7. The Morgan fingerprint density at radius 3 is 0.988 bits per heavy atom. The summed E-state index contributed by atoms with van der Waals surface area (Å²) in [6.07, 6.45) is 0. The summed E-state index contributed by atoms with van der Waals surface area (Å²) >= 11 is 0. The Morgan fingerprint density at radius 2 is 0.523 bits per heavy atom. The molecule has 2 aromatic heterocycles. The molecule has 0 N–H and O–H groups in total. The summed E-state index contributed by atoms with van der Waals surface area (Å²) < 4.78 is 4.95. The zero-order valence-electron chi connectivity index (χ0n) is 47.0. The maximum Gasteiger partial charge on any atom is 0.0542 e. The van der Waals surface area contributed by atoms with Crippen LogP contribution < -0.4 is 9.80 Å². The zero-order valence-corrected chi connectivity index (χ0v) is 47.0. The first-order chi connectivity index (χ1) is 42.7. The molecule has 0 aliphatic carbocycles. The van der Waals surface area contributed by atoms with Gasteiger partial charge in [0.15, 0.2) is 0 Å². The molecular formula is C82H54N4. The van der Waals surface area contributed by atoms with Crippen molar-refractivity contribution >= 4 is 121 Å². The average molecular weight is 1100 g/mol. The summed E-state index contributed by atoms with van der Waals surface area (Å²) in [6, 6.07) is 120. The monoisotopic (exact) mass is 1090 g/mol. The number of benzene rings is 15. The van der Waals surface area contributed by atoms with Crippen LogP contribution in [0.4, 0.5) is 34.1 Å². The standard InChI is InChI=1S/C82H54N4/c1-5-24-56(25-6-1)83(57-26-7-2-8-27-57)60-42-49-80-74(53-60)70-37-19-21-39-76(70)85(80)78-51-47-65(63-33-15-17-35-68(63)78)66-45-46-73(82-62-32-14-13-23-55(62)41-44-72(66)82)67-48-52-79(69-36-18-16-34-64(67)69)86-77-40-22-20-38-71(77)75-54-61(43-50-81(75)86)84(58-28-9-3-10-29-58)59-30-11-4-12-31-59/h1-54H. The highest BCUT2D eigenvalue weighted by Crippen LogP contribution is 2.48. The highest BCUT2D eigenvalue weighted by molar-refractivity contribution is 6.23. The van der Waals surface area contributed by atoms with Crippen molar-refractivity contribution < 1.29 is 0 Å². The minimum absolute atomic E-state index is 1.11. The highest BCUT2D eigenvalue weighted by atomic mass is 15.1. The third-order valence-electron chi connectivity index (χ3n) is 17.7. The van der Waals surface area contributed by atoms with Crippen LogP contribution in [-0.2, 0) is 0 Å². The number of aromatic nitrogens is 2. The van der Waals surface area contributed by atoms with Gasteiger partial charge in [-0.2, -0.15) is 0 Å². The summed E-state index contributed by atoms with van der Waals surface area (Å²) in [4.78, 5) is 4.70. The fraction of sp³-hybridized carbons (Fsp3) is 0. The number of anilines is 6. The van der Waals surface area contributed by atoms with E-state index in [4.69, 9.17) is 0 Å². The second-order valence-corrected chi connectivity index (χ2v) is 22.3. The van der Waals surface area contributed by atoms with Crippen molar-refractivity contribution in [1.29, 1.82) is 0 Å². The van der Waals surface area contributed by atoms with Gasteiger partial charge in [0.25, 0.3) is 0 Å². The molecule has 0 saturated carbocycles. The minimum atomic E-state index is 1.11. The first kappa shape index (κ1) is 49.2. The molecule has 2 heterocycles. The second-order valence-electron chi connectivity index (χ2n) is 22.3. The number of hydrogen-bond acceptors (Lipinski definition) is 2. The first-order valence-electron chi connectivity index (χ1n) is 29.6. The number of fused-ring (bicyclic) bond motifs is 11. The van der Waals surface area contributed by atoms with Crippen molar-refractivity contribution in [2.24, 2.45) is 0 Å².